The molecule has 0 spiro atoms. The summed E-state index contributed by atoms with van der Waals surface area (Å²) in [5, 5.41) is 14.7. The van der Waals surface area contributed by atoms with Crippen molar-refractivity contribution in [2.24, 2.45) is 5.92 Å². The molecule has 1 aromatic heterocycles. The topological polar surface area (TPSA) is 87.2 Å². The number of hydrogen-bond donors (Lipinski definition) is 2. The van der Waals surface area contributed by atoms with E-state index in [-0.39, 0.29) is 17.9 Å². The van der Waals surface area contributed by atoms with Gasteiger partial charge in [0.2, 0.25) is 5.91 Å². The van der Waals surface area contributed by atoms with Gasteiger partial charge in [0.1, 0.15) is 0 Å². The van der Waals surface area contributed by atoms with E-state index in [9.17, 15) is 9.59 Å². The molecule has 3 heterocycles. The zero-order valence-corrected chi connectivity index (χ0v) is 19.8. The van der Waals surface area contributed by atoms with Crippen LogP contribution < -0.4 is 10.6 Å². The number of fused-ring (bicyclic) bond motifs is 1. The fraction of sp³-hybridized carbons (Fsp3) is 0.280. The fourth-order valence-corrected chi connectivity index (χ4v) is 5.58. The lowest BCUT2D eigenvalue weighted by atomic mass is 9.65. The van der Waals surface area contributed by atoms with Crippen molar-refractivity contribution in [3.8, 4) is 0 Å². The normalized spacial score (nSPS) is 21.6. The number of benzene rings is 2. The third-order valence-electron chi connectivity index (χ3n) is 6.73. The van der Waals surface area contributed by atoms with Crippen LogP contribution in [0.25, 0.3) is 0 Å². The number of halogens is 2. The second kappa shape index (κ2) is 9.24. The molecule has 2 unspecified atom stereocenters. The highest BCUT2D eigenvalue weighted by molar-refractivity contribution is 6.31. The minimum Gasteiger partial charge on any atom is -0.325 e. The molecule has 1 fully saturated rings. The van der Waals surface area contributed by atoms with E-state index in [0.29, 0.717) is 35.2 Å². The summed E-state index contributed by atoms with van der Waals surface area (Å²) in [7, 11) is 0. The molecule has 1 saturated heterocycles. The number of nitrogens with zero attached hydrogens (tertiary/aromatic N) is 3. The van der Waals surface area contributed by atoms with E-state index in [4.69, 9.17) is 23.2 Å². The molecule has 2 aromatic carbocycles. The first-order chi connectivity index (χ1) is 16.5. The average molecular weight is 496 g/mol. The quantitative estimate of drug-likeness (QED) is 0.523. The number of carbonyl (C=O) groups is 2. The van der Waals surface area contributed by atoms with Gasteiger partial charge in [-0.25, -0.2) is 4.79 Å². The lowest BCUT2D eigenvalue weighted by Gasteiger charge is -2.42. The van der Waals surface area contributed by atoms with Crippen LogP contribution in [0.3, 0.4) is 0 Å². The van der Waals surface area contributed by atoms with Crippen molar-refractivity contribution in [2.45, 2.75) is 24.7 Å². The van der Waals surface area contributed by atoms with Crippen molar-refractivity contribution < 1.29 is 9.59 Å². The van der Waals surface area contributed by atoms with Gasteiger partial charge in [-0.05, 0) is 66.6 Å². The van der Waals surface area contributed by atoms with Gasteiger partial charge in [0, 0.05) is 28.8 Å². The molecule has 2 N–H and O–H groups in total. The second-order valence-corrected chi connectivity index (χ2v) is 9.64. The van der Waals surface area contributed by atoms with E-state index < -0.39 is 5.41 Å². The molecule has 2 atom stereocenters. The maximum absolute atomic E-state index is 13.7. The number of rotatable bonds is 4. The molecule has 0 saturated carbocycles. The van der Waals surface area contributed by atoms with Crippen LogP contribution in [0.1, 0.15) is 24.0 Å². The molecular formula is C25H23Cl2N5O2. The monoisotopic (exact) mass is 495 g/mol. The molecule has 0 radical (unpaired) electrons. The van der Waals surface area contributed by atoms with E-state index >= 15 is 0 Å². The van der Waals surface area contributed by atoms with E-state index in [1.165, 1.54) is 12.4 Å². The summed E-state index contributed by atoms with van der Waals surface area (Å²) < 4.78 is 0. The summed E-state index contributed by atoms with van der Waals surface area (Å²) in [6.45, 7) is 1.06. The molecule has 9 heteroatoms. The lowest BCUT2D eigenvalue weighted by Crippen LogP contribution is -2.52. The van der Waals surface area contributed by atoms with Crippen LogP contribution in [0.15, 0.2) is 60.9 Å². The summed E-state index contributed by atoms with van der Waals surface area (Å²) >= 11 is 12.5. The number of urea groups is 1. The van der Waals surface area contributed by atoms with Gasteiger partial charge < -0.3 is 15.5 Å². The molecule has 0 bridgehead atoms. The number of carbonyl (C=O) groups excluding carboxylic acids is 2. The third kappa shape index (κ3) is 4.21. The fourth-order valence-electron chi connectivity index (χ4n) is 5.19. The Morgan fingerprint density at radius 3 is 2.79 bits per heavy atom. The van der Waals surface area contributed by atoms with Gasteiger partial charge in [-0.2, -0.15) is 10.2 Å². The van der Waals surface area contributed by atoms with Gasteiger partial charge in [-0.3, -0.25) is 4.79 Å². The number of piperidine rings is 1. The van der Waals surface area contributed by atoms with Crippen LogP contribution in [0.4, 0.5) is 16.2 Å². The average Bonchev–Trinajstić information content (AvgIpc) is 3.10. The summed E-state index contributed by atoms with van der Waals surface area (Å²) in [6, 6.07) is 14.6. The molecule has 7 nitrogen and oxygen atoms in total. The van der Waals surface area contributed by atoms with E-state index in [1.807, 2.05) is 36.4 Å². The Kier molecular flexibility index (Phi) is 6.15. The highest BCUT2D eigenvalue weighted by atomic mass is 35.5. The van der Waals surface area contributed by atoms with Gasteiger partial charge >= 0.3 is 6.03 Å². The van der Waals surface area contributed by atoms with Gasteiger partial charge in [0.05, 0.1) is 23.5 Å². The highest BCUT2D eigenvalue weighted by Crippen LogP contribution is 2.49. The number of amides is 3. The van der Waals surface area contributed by atoms with Gasteiger partial charge in [0.15, 0.2) is 0 Å². The number of anilines is 2. The number of nitrogens with one attached hydrogen (secondary N) is 2. The highest BCUT2D eigenvalue weighted by Gasteiger charge is 2.53. The molecule has 0 aliphatic carbocycles. The Balaban J connectivity index is 1.49. The third-order valence-corrected chi connectivity index (χ3v) is 7.20. The van der Waals surface area contributed by atoms with E-state index in [1.54, 1.807) is 17.0 Å². The second-order valence-electron chi connectivity index (χ2n) is 8.77. The zero-order chi connectivity index (χ0) is 23.7. The van der Waals surface area contributed by atoms with Crippen LogP contribution in [0, 0.1) is 5.92 Å². The predicted octanol–water partition coefficient (Wildman–Crippen LogP) is 5.16. The summed E-state index contributed by atoms with van der Waals surface area (Å²) in [6.07, 6.45) is 5.11. The smallest absolute Gasteiger partial charge is 0.321 e. The minimum absolute atomic E-state index is 0.0738. The number of hydrogen-bond acceptors (Lipinski definition) is 4. The molecule has 2 aliphatic heterocycles. The predicted molar refractivity (Wildman–Crippen MR) is 132 cm³/mol. The SMILES string of the molecule is O=C(Nc1ccnnc1)N1CCCC(C2(Cc3cccc(Cl)c3)C(=O)Nc3cc(Cl)ccc32)C1. The van der Waals surface area contributed by atoms with Crippen molar-refractivity contribution in [3.63, 3.8) is 0 Å². The largest absolute Gasteiger partial charge is 0.325 e. The molecule has 5 rings (SSSR count). The molecule has 174 valence electrons. The Labute approximate surface area is 207 Å². The maximum Gasteiger partial charge on any atom is 0.321 e. The van der Waals surface area contributed by atoms with Crippen molar-refractivity contribution >= 4 is 46.5 Å². The maximum atomic E-state index is 13.7. The number of aromatic nitrogens is 2. The van der Waals surface area contributed by atoms with Gasteiger partial charge in [-0.15, -0.1) is 0 Å². The Morgan fingerprint density at radius 1 is 1.15 bits per heavy atom. The Hall–Kier alpha value is -3.16. The van der Waals surface area contributed by atoms with Crippen molar-refractivity contribution in [1.29, 1.82) is 0 Å². The molecule has 34 heavy (non-hydrogen) atoms. The van der Waals surface area contributed by atoms with Crippen LogP contribution >= 0.6 is 23.2 Å². The first-order valence-electron chi connectivity index (χ1n) is 11.1. The molecule has 2 aliphatic rings. The molecule has 3 aromatic rings. The molecular weight excluding hydrogens is 473 g/mol. The van der Waals surface area contributed by atoms with Crippen LogP contribution in [0.2, 0.25) is 10.0 Å². The number of likely N-dealkylation sites (tertiary alicyclic amines) is 1. The summed E-state index contributed by atoms with van der Waals surface area (Å²) in [4.78, 5) is 28.5. The standard InChI is InChI=1S/C25H23Cl2N5O2/c26-18-5-1-3-16(11-18)13-25(21-7-6-19(27)12-22(21)31-23(25)33)17-4-2-10-32(15-17)24(34)30-20-8-9-28-29-14-20/h1,3,5-9,11-12,14,17H,2,4,10,13,15H2,(H,31,33)(H,28,30,34). The molecule has 3 amide bonds. The van der Waals surface area contributed by atoms with Gasteiger partial charge in [0.25, 0.3) is 0 Å². The van der Waals surface area contributed by atoms with E-state index in [0.717, 1.165) is 29.7 Å². The zero-order valence-electron chi connectivity index (χ0n) is 18.3. The van der Waals surface area contributed by atoms with Crippen molar-refractivity contribution in [2.75, 3.05) is 23.7 Å². The summed E-state index contributed by atoms with van der Waals surface area (Å²) in [5.74, 6) is -0.167. The van der Waals surface area contributed by atoms with Crippen LogP contribution in [-0.4, -0.2) is 40.1 Å². The van der Waals surface area contributed by atoms with Crippen molar-refractivity contribution in [1.82, 2.24) is 15.1 Å². The first kappa shape index (κ1) is 22.6. The Morgan fingerprint density at radius 2 is 2.00 bits per heavy atom. The lowest BCUT2D eigenvalue weighted by molar-refractivity contribution is -0.123. The van der Waals surface area contributed by atoms with Crippen LogP contribution in [0.5, 0.6) is 0 Å². The first-order valence-corrected chi connectivity index (χ1v) is 11.9. The van der Waals surface area contributed by atoms with Gasteiger partial charge in [-0.1, -0.05) is 41.4 Å². The summed E-state index contributed by atoms with van der Waals surface area (Å²) in [5.41, 5.74) is 2.34. The Bertz CT molecular complexity index is 1240. The van der Waals surface area contributed by atoms with Crippen molar-refractivity contribution in [3.05, 3.63) is 82.1 Å². The minimum atomic E-state index is -0.845. The van der Waals surface area contributed by atoms with E-state index in [2.05, 4.69) is 20.8 Å². The van der Waals surface area contributed by atoms with Crippen LogP contribution in [-0.2, 0) is 16.6 Å².